The molecule has 0 saturated heterocycles. The Kier molecular flexibility index (Phi) is 4.11. The second kappa shape index (κ2) is 5.70. The lowest BCUT2D eigenvalue weighted by molar-refractivity contribution is -0.141. The molecule has 0 saturated carbocycles. The Bertz CT molecular complexity index is 708. The van der Waals surface area contributed by atoms with Crippen molar-refractivity contribution in [2.45, 2.75) is 19.6 Å². The Labute approximate surface area is 124 Å². The molecule has 118 valence electrons. The van der Waals surface area contributed by atoms with Crippen LogP contribution in [0.1, 0.15) is 27.3 Å². The minimum absolute atomic E-state index is 0.0993. The van der Waals surface area contributed by atoms with Crippen LogP contribution in [-0.2, 0) is 19.8 Å². The smallest absolute Gasteiger partial charge is 0.435 e. The number of aryl methyl sites for hydroxylation is 2. The molecule has 0 unspecified atom stereocenters. The number of carboxylic acid groups (broad SMARTS) is 1. The fraction of sp³-hybridized carbons (Fsp3) is 0.286. The summed E-state index contributed by atoms with van der Waals surface area (Å²) in [4.78, 5) is 11.0. The summed E-state index contributed by atoms with van der Waals surface area (Å²) in [5, 5.41) is 15.3. The van der Waals surface area contributed by atoms with Crippen molar-refractivity contribution in [3.05, 3.63) is 46.8 Å². The second-order valence-electron chi connectivity index (χ2n) is 4.89. The molecular weight excluding hydrogens is 299 g/mol. The van der Waals surface area contributed by atoms with Crippen LogP contribution in [-0.4, -0.2) is 20.9 Å². The van der Waals surface area contributed by atoms with E-state index >= 15 is 0 Å². The fourth-order valence-corrected chi connectivity index (χ4v) is 2.01. The van der Waals surface area contributed by atoms with Crippen molar-refractivity contribution >= 4 is 11.7 Å². The first-order chi connectivity index (χ1) is 10.2. The minimum Gasteiger partial charge on any atom is -0.478 e. The lowest BCUT2D eigenvalue weighted by atomic mass is 10.1. The highest BCUT2D eigenvalue weighted by Crippen LogP contribution is 2.28. The monoisotopic (exact) mass is 313 g/mol. The Hall–Kier alpha value is -2.51. The van der Waals surface area contributed by atoms with Gasteiger partial charge in [0.15, 0.2) is 5.69 Å². The zero-order chi connectivity index (χ0) is 16.5. The molecule has 0 aliphatic carbocycles. The van der Waals surface area contributed by atoms with E-state index < -0.39 is 17.8 Å². The standard InChI is InChI=1S/C14H14F3N3O2/c1-8-3-9(13(21)22)5-10(4-8)18-7-11-6-12(14(15,16)17)19-20(11)2/h3-6,18H,7H2,1-2H3,(H,21,22). The van der Waals surface area contributed by atoms with Gasteiger partial charge in [-0.05, 0) is 36.8 Å². The van der Waals surface area contributed by atoms with Crippen LogP contribution < -0.4 is 5.32 Å². The third kappa shape index (κ3) is 3.57. The van der Waals surface area contributed by atoms with Gasteiger partial charge in [0.1, 0.15) is 0 Å². The van der Waals surface area contributed by atoms with Gasteiger partial charge in [-0.2, -0.15) is 18.3 Å². The van der Waals surface area contributed by atoms with E-state index in [1.165, 1.54) is 19.2 Å². The minimum atomic E-state index is -4.49. The maximum Gasteiger partial charge on any atom is 0.435 e. The molecule has 0 aliphatic heterocycles. The number of carbonyl (C=O) groups is 1. The summed E-state index contributed by atoms with van der Waals surface area (Å²) in [6.45, 7) is 1.84. The number of benzene rings is 1. The number of hydrogen-bond donors (Lipinski definition) is 2. The molecule has 0 fully saturated rings. The first kappa shape index (κ1) is 15.9. The van der Waals surface area contributed by atoms with E-state index in [1.807, 2.05) is 0 Å². The fourth-order valence-electron chi connectivity index (χ4n) is 2.01. The summed E-state index contributed by atoms with van der Waals surface area (Å²) in [6.07, 6.45) is -4.49. The Morgan fingerprint density at radius 1 is 1.32 bits per heavy atom. The molecule has 0 spiro atoms. The normalized spacial score (nSPS) is 11.5. The topological polar surface area (TPSA) is 67.2 Å². The van der Waals surface area contributed by atoms with Gasteiger partial charge in [0, 0.05) is 12.7 Å². The number of nitrogens with zero attached hydrogens (tertiary/aromatic N) is 2. The number of alkyl halides is 3. The van der Waals surface area contributed by atoms with Crippen LogP contribution in [0, 0.1) is 6.92 Å². The molecule has 2 aromatic rings. The molecule has 1 aromatic heterocycles. The third-order valence-corrected chi connectivity index (χ3v) is 3.07. The largest absolute Gasteiger partial charge is 0.478 e. The molecule has 22 heavy (non-hydrogen) atoms. The SMILES string of the molecule is Cc1cc(NCc2cc(C(F)(F)F)nn2C)cc(C(=O)O)c1. The van der Waals surface area contributed by atoms with Crippen molar-refractivity contribution in [1.29, 1.82) is 0 Å². The van der Waals surface area contributed by atoms with E-state index in [0.29, 0.717) is 11.4 Å². The predicted molar refractivity (Wildman–Crippen MR) is 73.7 cm³/mol. The zero-order valence-corrected chi connectivity index (χ0v) is 11.9. The van der Waals surface area contributed by atoms with E-state index in [1.54, 1.807) is 13.0 Å². The van der Waals surface area contributed by atoms with Crippen molar-refractivity contribution in [3.8, 4) is 0 Å². The number of carboxylic acids is 1. The Morgan fingerprint density at radius 2 is 2.00 bits per heavy atom. The van der Waals surface area contributed by atoms with Crippen LogP contribution >= 0.6 is 0 Å². The summed E-state index contributed by atoms with van der Waals surface area (Å²) < 4.78 is 38.9. The van der Waals surface area contributed by atoms with Crippen molar-refractivity contribution in [3.63, 3.8) is 0 Å². The molecule has 1 heterocycles. The van der Waals surface area contributed by atoms with Crippen molar-refractivity contribution in [2.75, 3.05) is 5.32 Å². The molecule has 0 bridgehead atoms. The highest BCUT2D eigenvalue weighted by molar-refractivity contribution is 5.89. The Balaban J connectivity index is 2.17. The first-order valence-electron chi connectivity index (χ1n) is 6.36. The van der Waals surface area contributed by atoms with Crippen molar-refractivity contribution in [1.82, 2.24) is 9.78 Å². The average molecular weight is 313 g/mol. The summed E-state index contributed by atoms with van der Waals surface area (Å²) >= 11 is 0. The number of hydrogen-bond acceptors (Lipinski definition) is 3. The number of nitrogens with one attached hydrogen (secondary N) is 1. The number of rotatable bonds is 4. The average Bonchev–Trinajstić information content (AvgIpc) is 2.77. The van der Waals surface area contributed by atoms with Gasteiger partial charge >= 0.3 is 12.1 Å². The maximum atomic E-state index is 12.6. The van der Waals surface area contributed by atoms with E-state index in [2.05, 4.69) is 10.4 Å². The van der Waals surface area contributed by atoms with Gasteiger partial charge in [0.05, 0.1) is 17.8 Å². The van der Waals surface area contributed by atoms with Gasteiger partial charge in [0.2, 0.25) is 0 Å². The summed E-state index contributed by atoms with van der Waals surface area (Å²) in [7, 11) is 1.42. The molecule has 2 rings (SSSR count). The molecular formula is C14H14F3N3O2. The summed E-state index contributed by atoms with van der Waals surface area (Å²) in [6, 6.07) is 5.62. The zero-order valence-electron chi connectivity index (χ0n) is 11.9. The van der Waals surface area contributed by atoms with E-state index in [0.717, 1.165) is 16.3 Å². The molecule has 0 amide bonds. The molecule has 0 radical (unpaired) electrons. The van der Waals surface area contributed by atoms with Gasteiger partial charge in [-0.3, -0.25) is 4.68 Å². The van der Waals surface area contributed by atoms with Gasteiger partial charge in [-0.25, -0.2) is 4.79 Å². The lowest BCUT2D eigenvalue weighted by Gasteiger charge is -2.08. The second-order valence-corrected chi connectivity index (χ2v) is 4.89. The predicted octanol–water partition coefficient (Wildman–Crippen LogP) is 3.06. The van der Waals surface area contributed by atoms with Crippen LogP contribution in [0.4, 0.5) is 18.9 Å². The number of aromatic nitrogens is 2. The highest BCUT2D eigenvalue weighted by Gasteiger charge is 2.34. The number of anilines is 1. The molecule has 0 atom stereocenters. The molecule has 0 aliphatic rings. The van der Waals surface area contributed by atoms with Crippen molar-refractivity contribution < 1.29 is 23.1 Å². The molecule has 2 N–H and O–H groups in total. The van der Waals surface area contributed by atoms with Crippen LogP contribution in [0.5, 0.6) is 0 Å². The highest BCUT2D eigenvalue weighted by atomic mass is 19.4. The molecule has 5 nitrogen and oxygen atoms in total. The van der Waals surface area contributed by atoms with Crippen LogP contribution in [0.15, 0.2) is 24.3 Å². The van der Waals surface area contributed by atoms with Crippen LogP contribution in [0.2, 0.25) is 0 Å². The number of aromatic carboxylic acids is 1. The van der Waals surface area contributed by atoms with Crippen molar-refractivity contribution in [2.24, 2.45) is 7.05 Å². The first-order valence-corrected chi connectivity index (χ1v) is 6.36. The lowest BCUT2D eigenvalue weighted by Crippen LogP contribution is -2.07. The molecule has 1 aromatic carbocycles. The van der Waals surface area contributed by atoms with Gasteiger partial charge in [-0.15, -0.1) is 0 Å². The van der Waals surface area contributed by atoms with Gasteiger partial charge in [-0.1, -0.05) is 0 Å². The quantitative estimate of drug-likeness (QED) is 0.910. The van der Waals surface area contributed by atoms with E-state index in [9.17, 15) is 18.0 Å². The van der Waals surface area contributed by atoms with Gasteiger partial charge < -0.3 is 10.4 Å². The number of halogens is 3. The summed E-state index contributed by atoms with van der Waals surface area (Å²) in [5.41, 5.74) is 0.756. The summed E-state index contributed by atoms with van der Waals surface area (Å²) in [5.74, 6) is -1.06. The third-order valence-electron chi connectivity index (χ3n) is 3.07. The van der Waals surface area contributed by atoms with E-state index in [-0.39, 0.29) is 12.1 Å². The Morgan fingerprint density at radius 3 is 2.55 bits per heavy atom. The van der Waals surface area contributed by atoms with Crippen LogP contribution in [0.25, 0.3) is 0 Å². The van der Waals surface area contributed by atoms with Crippen LogP contribution in [0.3, 0.4) is 0 Å². The molecule has 8 heteroatoms. The maximum absolute atomic E-state index is 12.6. The van der Waals surface area contributed by atoms with E-state index in [4.69, 9.17) is 5.11 Å². The van der Waals surface area contributed by atoms with Gasteiger partial charge in [0.25, 0.3) is 0 Å².